The normalized spacial score (nSPS) is 32.9. The maximum atomic E-state index is 8.78. The van der Waals surface area contributed by atoms with Gasteiger partial charge in [-0.1, -0.05) is 6.92 Å². The second-order valence-electron chi connectivity index (χ2n) is 3.75. The van der Waals surface area contributed by atoms with E-state index in [2.05, 4.69) is 13.0 Å². The minimum atomic E-state index is 0.146. The first-order valence-electron chi connectivity index (χ1n) is 3.64. The number of hydrogen-bond donors (Lipinski definition) is 0. The van der Waals surface area contributed by atoms with Crippen molar-refractivity contribution in [1.29, 1.82) is 5.26 Å². The Hall–Kier alpha value is -0.510. The summed E-state index contributed by atoms with van der Waals surface area (Å²) in [7, 11) is 0. The fourth-order valence-corrected chi connectivity index (χ4v) is 1.64. The van der Waals surface area contributed by atoms with Gasteiger partial charge in [-0.15, -0.1) is 0 Å². The van der Waals surface area contributed by atoms with Crippen molar-refractivity contribution in [2.45, 2.75) is 32.6 Å². The number of hydrogen-bond acceptors (Lipinski definition) is 1. The molecular formula is C8H11N. The van der Waals surface area contributed by atoms with Gasteiger partial charge in [0.15, 0.2) is 0 Å². The van der Waals surface area contributed by atoms with E-state index in [4.69, 9.17) is 5.26 Å². The molecule has 1 heteroatoms. The molecule has 1 nitrogen and oxygen atoms in total. The average Bonchev–Trinajstić information content (AvgIpc) is 2.61. The van der Waals surface area contributed by atoms with Gasteiger partial charge in [-0.25, -0.2) is 0 Å². The summed E-state index contributed by atoms with van der Waals surface area (Å²) in [6.45, 7) is 2.25. The minimum absolute atomic E-state index is 0.146. The quantitative estimate of drug-likeness (QED) is 0.521. The van der Waals surface area contributed by atoms with Crippen molar-refractivity contribution in [2.24, 2.45) is 10.8 Å². The standard InChI is InChI=1S/C8H11N/c1-7(2-3-7)8(6-9)4-5-8/h2-5H2,1H3. The summed E-state index contributed by atoms with van der Waals surface area (Å²) in [6, 6.07) is 2.45. The van der Waals surface area contributed by atoms with Gasteiger partial charge in [-0.3, -0.25) is 0 Å². The van der Waals surface area contributed by atoms with E-state index >= 15 is 0 Å². The zero-order valence-electron chi connectivity index (χ0n) is 5.78. The molecule has 0 N–H and O–H groups in total. The molecule has 0 aromatic carbocycles. The third kappa shape index (κ3) is 0.489. The summed E-state index contributed by atoms with van der Waals surface area (Å²) in [5.74, 6) is 0. The Morgan fingerprint density at radius 1 is 1.22 bits per heavy atom. The molecule has 2 fully saturated rings. The van der Waals surface area contributed by atoms with Crippen molar-refractivity contribution in [2.75, 3.05) is 0 Å². The van der Waals surface area contributed by atoms with Crippen LogP contribution in [0.5, 0.6) is 0 Å². The van der Waals surface area contributed by atoms with Crippen LogP contribution in [0.25, 0.3) is 0 Å². The van der Waals surface area contributed by atoms with Gasteiger partial charge < -0.3 is 0 Å². The molecule has 2 saturated carbocycles. The monoisotopic (exact) mass is 121 g/mol. The van der Waals surface area contributed by atoms with Crippen LogP contribution in [-0.2, 0) is 0 Å². The molecule has 48 valence electrons. The number of nitriles is 1. The summed E-state index contributed by atoms with van der Waals surface area (Å²) < 4.78 is 0. The molecule has 0 bridgehead atoms. The molecule has 0 unspecified atom stereocenters. The van der Waals surface area contributed by atoms with Crippen molar-refractivity contribution in [1.82, 2.24) is 0 Å². The maximum Gasteiger partial charge on any atom is 0.0695 e. The van der Waals surface area contributed by atoms with E-state index in [1.165, 1.54) is 25.7 Å². The van der Waals surface area contributed by atoms with E-state index in [9.17, 15) is 0 Å². The lowest BCUT2D eigenvalue weighted by molar-refractivity contribution is 0.396. The summed E-state index contributed by atoms with van der Waals surface area (Å²) in [5.41, 5.74) is 0.592. The van der Waals surface area contributed by atoms with Crippen molar-refractivity contribution in [3.8, 4) is 6.07 Å². The van der Waals surface area contributed by atoms with Crippen molar-refractivity contribution >= 4 is 0 Å². The van der Waals surface area contributed by atoms with E-state index in [1.807, 2.05) is 0 Å². The fourth-order valence-electron chi connectivity index (χ4n) is 1.64. The van der Waals surface area contributed by atoms with Crippen molar-refractivity contribution in [3.05, 3.63) is 0 Å². The molecule has 2 aliphatic rings. The highest BCUT2D eigenvalue weighted by atomic mass is 14.7. The van der Waals surface area contributed by atoms with E-state index < -0.39 is 0 Å². The predicted octanol–water partition coefficient (Wildman–Crippen LogP) is 2.09. The SMILES string of the molecule is CC1(C2(C#N)CC2)CC1. The lowest BCUT2D eigenvalue weighted by Crippen LogP contribution is -2.10. The van der Waals surface area contributed by atoms with Crippen molar-refractivity contribution < 1.29 is 0 Å². The Labute approximate surface area is 55.7 Å². The van der Waals surface area contributed by atoms with Crippen LogP contribution in [0.2, 0.25) is 0 Å². The Balaban J connectivity index is 2.23. The smallest absolute Gasteiger partial charge is 0.0695 e. The minimum Gasteiger partial charge on any atom is -0.198 e. The van der Waals surface area contributed by atoms with Crippen molar-refractivity contribution in [3.63, 3.8) is 0 Å². The van der Waals surface area contributed by atoms with Gasteiger partial charge in [-0.05, 0) is 31.1 Å². The molecule has 9 heavy (non-hydrogen) atoms. The van der Waals surface area contributed by atoms with Crippen LogP contribution in [0, 0.1) is 22.2 Å². The lowest BCUT2D eigenvalue weighted by atomic mass is 9.89. The molecule has 0 aliphatic heterocycles. The molecular weight excluding hydrogens is 110 g/mol. The largest absolute Gasteiger partial charge is 0.198 e. The van der Waals surface area contributed by atoms with Crippen LogP contribution in [0.3, 0.4) is 0 Å². The van der Waals surface area contributed by atoms with Gasteiger partial charge in [0.1, 0.15) is 0 Å². The first-order chi connectivity index (χ1) is 4.22. The molecule has 0 aromatic rings. The zero-order chi connectivity index (χ0) is 6.54. The van der Waals surface area contributed by atoms with Crippen LogP contribution >= 0.6 is 0 Å². The first-order valence-corrected chi connectivity index (χ1v) is 3.64. The second kappa shape index (κ2) is 1.16. The molecule has 2 rings (SSSR count). The molecule has 0 heterocycles. The van der Waals surface area contributed by atoms with Gasteiger partial charge >= 0.3 is 0 Å². The molecule has 0 radical (unpaired) electrons. The van der Waals surface area contributed by atoms with Crippen LogP contribution in [0.1, 0.15) is 32.6 Å². The predicted molar refractivity (Wildman–Crippen MR) is 34.6 cm³/mol. The molecule has 0 aromatic heterocycles. The Kier molecular flexibility index (Phi) is 0.682. The second-order valence-corrected chi connectivity index (χ2v) is 3.75. The number of nitrogens with zero attached hydrogens (tertiary/aromatic N) is 1. The highest BCUT2D eigenvalue weighted by molar-refractivity contribution is 5.22. The molecule has 0 saturated heterocycles. The topological polar surface area (TPSA) is 23.8 Å². The van der Waals surface area contributed by atoms with Gasteiger partial charge in [0.05, 0.1) is 11.5 Å². The third-order valence-corrected chi connectivity index (χ3v) is 3.12. The van der Waals surface area contributed by atoms with E-state index in [0.717, 1.165) is 0 Å². The van der Waals surface area contributed by atoms with Gasteiger partial charge in [0.2, 0.25) is 0 Å². The van der Waals surface area contributed by atoms with E-state index in [1.54, 1.807) is 0 Å². The molecule has 2 aliphatic carbocycles. The van der Waals surface area contributed by atoms with Gasteiger partial charge in [-0.2, -0.15) is 5.26 Å². The third-order valence-electron chi connectivity index (χ3n) is 3.12. The Bertz CT molecular complexity index is 179. The van der Waals surface area contributed by atoms with Crippen LogP contribution in [0.4, 0.5) is 0 Å². The lowest BCUT2D eigenvalue weighted by Gasteiger charge is -2.12. The first kappa shape index (κ1) is 5.29. The summed E-state index contributed by atoms with van der Waals surface area (Å²) >= 11 is 0. The summed E-state index contributed by atoms with van der Waals surface area (Å²) in [4.78, 5) is 0. The van der Waals surface area contributed by atoms with Gasteiger partial charge in [0.25, 0.3) is 0 Å². The van der Waals surface area contributed by atoms with Crippen LogP contribution in [-0.4, -0.2) is 0 Å². The molecule has 0 atom stereocenters. The maximum absolute atomic E-state index is 8.78. The van der Waals surface area contributed by atoms with Crippen LogP contribution in [0.15, 0.2) is 0 Å². The highest BCUT2D eigenvalue weighted by Crippen LogP contribution is 2.69. The average molecular weight is 121 g/mol. The van der Waals surface area contributed by atoms with Crippen LogP contribution < -0.4 is 0 Å². The van der Waals surface area contributed by atoms with E-state index in [-0.39, 0.29) is 5.41 Å². The Morgan fingerprint density at radius 3 is 1.89 bits per heavy atom. The Morgan fingerprint density at radius 2 is 1.78 bits per heavy atom. The highest BCUT2D eigenvalue weighted by Gasteiger charge is 2.63. The zero-order valence-corrected chi connectivity index (χ0v) is 5.78. The fraction of sp³-hybridized carbons (Fsp3) is 0.875. The van der Waals surface area contributed by atoms with E-state index in [0.29, 0.717) is 5.41 Å². The van der Waals surface area contributed by atoms with Gasteiger partial charge in [0, 0.05) is 0 Å². The number of rotatable bonds is 1. The molecule has 0 spiro atoms. The molecule has 0 amide bonds. The summed E-state index contributed by atoms with van der Waals surface area (Å²) in [6.07, 6.45) is 4.92. The summed E-state index contributed by atoms with van der Waals surface area (Å²) in [5, 5.41) is 8.78.